The summed E-state index contributed by atoms with van der Waals surface area (Å²) in [5.74, 6) is 0.375. The van der Waals surface area contributed by atoms with Crippen molar-refractivity contribution in [2.24, 2.45) is 5.92 Å². The zero-order valence-corrected chi connectivity index (χ0v) is 21.0. The predicted octanol–water partition coefficient (Wildman–Crippen LogP) is 4.91. The number of piperidine rings is 1. The number of amides is 1. The van der Waals surface area contributed by atoms with E-state index in [1.165, 1.54) is 28.6 Å². The maximum Gasteiger partial charge on any atom is 0.322 e. The largest absolute Gasteiger partial charge is 0.403 e. The van der Waals surface area contributed by atoms with Crippen molar-refractivity contribution in [3.8, 4) is 11.5 Å². The van der Waals surface area contributed by atoms with Crippen molar-refractivity contribution in [1.29, 1.82) is 0 Å². The van der Waals surface area contributed by atoms with Crippen LogP contribution >= 0.6 is 11.8 Å². The number of carbonyl (C=O) groups excluding carboxylic acids is 1. The Morgan fingerprint density at radius 3 is 2.50 bits per heavy atom. The summed E-state index contributed by atoms with van der Waals surface area (Å²) < 4.78 is 32.9. The van der Waals surface area contributed by atoms with Crippen LogP contribution in [0.5, 0.6) is 0 Å². The van der Waals surface area contributed by atoms with Crippen molar-refractivity contribution in [3.05, 3.63) is 54.1 Å². The summed E-state index contributed by atoms with van der Waals surface area (Å²) in [6, 6.07) is 13.6. The molecule has 10 heteroatoms. The first-order valence-corrected chi connectivity index (χ1v) is 13.6. The first kappa shape index (κ1) is 24.4. The highest BCUT2D eigenvalue weighted by atomic mass is 32.2. The van der Waals surface area contributed by atoms with Gasteiger partial charge in [0.1, 0.15) is 0 Å². The highest BCUT2D eigenvalue weighted by Gasteiger charge is 2.28. The van der Waals surface area contributed by atoms with Crippen LogP contribution in [0.2, 0.25) is 0 Å². The molecule has 0 unspecified atom stereocenters. The van der Waals surface area contributed by atoms with Gasteiger partial charge in [0.05, 0.1) is 4.90 Å². The van der Waals surface area contributed by atoms with Crippen molar-refractivity contribution in [2.75, 3.05) is 18.4 Å². The molecule has 1 aliphatic rings. The van der Waals surface area contributed by atoms with Gasteiger partial charge in [-0.25, -0.2) is 8.42 Å². The molecule has 0 spiro atoms. The van der Waals surface area contributed by atoms with E-state index >= 15 is 0 Å². The molecule has 1 aromatic heterocycles. The predicted molar refractivity (Wildman–Crippen MR) is 132 cm³/mol. The Hall–Kier alpha value is -2.69. The summed E-state index contributed by atoms with van der Waals surface area (Å²) in [7, 11) is -3.57. The van der Waals surface area contributed by atoms with E-state index in [0.717, 1.165) is 23.3 Å². The summed E-state index contributed by atoms with van der Waals surface area (Å²) in [5.41, 5.74) is 1.06. The van der Waals surface area contributed by atoms with Gasteiger partial charge in [-0.1, -0.05) is 31.9 Å². The number of anilines is 1. The van der Waals surface area contributed by atoms with Gasteiger partial charge in [0, 0.05) is 34.4 Å². The molecule has 0 saturated carbocycles. The quantitative estimate of drug-likeness (QED) is 0.460. The minimum absolute atomic E-state index is 0.0268. The molecule has 0 aliphatic carbocycles. The van der Waals surface area contributed by atoms with Crippen LogP contribution < -0.4 is 5.32 Å². The Balaban J connectivity index is 1.42. The lowest BCUT2D eigenvalue weighted by atomic mass is 10.0. The normalized spacial score (nSPS) is 15.5. The zero-order chi connectivity index (χ0) is 24.3. The van der Waals surface area contributed by atoms with Gasteiger partial charge in [-0.15, -0.1) is 16.9 Å². The monoisotopic (exact) mass is 500 g/mol. The molecule has 2 heterocycles. The molecule has 2 aromatic carbocycles. The van der Waals surface area contributed by atoms with Gasteiger partial charge in [0.15, 0.2) is 0 Å². The molecule has 180 valence electrons. The highest BCUT2D eigenvalue weighted by Crippen LogP contribution is 2.28. The van der Waals surface area contributed by atoms with Crippen LogP contribution in [-0.4, -0.2) is 47.2 Å². The lowest BCUT2D eigenvalue weighted by molar-refractivity contribution is 0.102. The highest BCUT2D eigenvalue weighted by molar-refractivity contribution is 7.99. The summed E-state index contributed by atoms with van der Waals surface area (Å²) in [4.78, 5) is 13.9. The number of hydrogen-bond acceptors (Lipinski definition) is 7. The number of rotatable bonds is 7. The van der Waals surface area contributed by atoms with Crippen LogP contribution in [0.1, 0.15) is 44.0 Å². The molecule has 0 atom stereocenters. The minimum Gasteiger partial charge on any atom is -0.403 e. The molecule has 8 nitrogen and oxygen atoms in total. The van der Waals surface area contributed by atoms with Gasteiger partial charge in [0.2, 0.25) is 15.9 Å². The lowest BCUT2D eigenvalue weighted by Gasteiger charge is -2.29. The van der Waals surface area contributed by atoms with Gasteiger partial charge in [-0.3, -0.25) is 10.1 Å². The number of hydrogen-bond donors (Lipinski definition) is 1. The van der Waals surface area contributed by atoms with Crippen molar-refractivity contribution >= 4 is 33.7 Å². The van der Waals surface area contributed by atoms with E-state index in [2.05, 4.69) is 36.3 Å². The number of nitrogens with one attached hydrogen (secondary N) is 1. The third-order valence-corrected chi connectivity index (χ3v) is 8.51. The molecular weight excluding hydrogens is 472 g/mol. The fraction of sp³-hybridized carbons (Fsp3) is 0.375. The number of aromatic nitrogens is 2. The van der Waals surface area contributed by atoms with Gasteiger partial charge >= 0.3 is 6.01 Å². The van der Waals surface area contributed by atoms with Crippen LogP contribution in [0.3, 0.4) is 0 Å². The second kappa shape index (κ2) is 10.3. The van der Waals surface area contributed by atoms with E-state index in [4.69, 9.17) is 4.42 Å². The van der Waals surface area contributed by atoms with Crippen molar-refractivity contribution in [1.82, 2.24) is 14.5 Å². The number of nitrogens with zero attached hydrogens (tertiary/aromatic N) is 3. The molecule has 0 bridgehead atoms. The van der Waals surface area contributed by atoms with Crippen LogP contribution in [-0.2, 0) is 10.0 Å². The van der Waals surface area contributed by atoms with E-state index in [1.807, 2.05) is 24.3 Å². The van der Waals surface area contributed by atoms with Crippen molar-refractivity contribution < 1.29 is 17.6 Å². The third-order valence-electron chi connectivity index (χ3n) is 5.60. The van der Waals surface area contributed by atoms with E-state index in [-0.39, 0.29) is 10.9 Å². The van der Waals surface area contributed by atoms with Crippen LogP contribution in [0.4, 0.5) is 6.01 Å². The van der Waals surface area contributed by atoms with Crippen LogP contribution in [0.25, 0.3) is 11.5 Å². The molecule has 34 heavy (non-hydrogen) atoms. The van der Waals surface area contributed by atoms with Crippen LogP contribution in [0, 0.1) is 5.92 Å². The average Bonchev–Trinajstić information content (AvgIpc) is 3.28. The first-order valence-electron chi connectivity index (χ1n) is 11.2. The molecule has 0 radical (unpaired) electrons. The SMILES string of the molecule is CC1CCN(S(=O)(=O)c2ccc(C(=O)Nc3nnc(-c4cccc(SC(C)C)c4)o3)cc2)CC1. The van der Waals surface area contributed by atoms with Gasteiger partial charge in [-0.2, -0.15) is 4.31 Å². The average molecular weight is 501 g/mol. The maximum absolute atomic E-state index is 12.9. The zero-order valence-electron chi connectivity index (χ0n) is 19.4. The van der Waals surface area contributed by atoms with Crippen molar-refractivity contribution in [3.63, 3.8) is 0 Å². The molecular formula is C24H28N4O4S2. The molecule has 1 aliphatic heterocycles. The van der Waals surface area contributed by atoms with Crippen molar-refractivity contribution in [2.45, 2.75) is 48.7 Å². The molecule has 3 aromatic rings. The lowest BCUT2D eigenvalue weighted by Crippen LogP contribution is -2.37. The number of sulfonamides is 1. The fourth-order valence-corrected chi connectivity index (χ4v) is 6.05. The van der Waals surface area contributed by atoms with Gasteiger partial charge < -0.3 is 4.42 Å². The number of thioether (sulfide) groups is 1. The molecule has 1 fully saturated rings. The number of benzene rings is 2. The second-order valence-electron chi connectivity index (χ2n) is 8.67. The Morgan fingerprint density at radius 1 is 1.12 bits per heavy atom. The van der Waals surface area contributed by atoms with Gasteiger partial charge in [-0.05, 0) is 61.2 Å². The third kappa shape index (κ3) is 5.68. The molecule has 1 saturated heterocycles. The minimum atomic E-state index is -3.57. The van der Waals surface area contributed by atoms with E-state index in [0.29, 0.717) is 35.7 Å². The van der Waals surface area contributed by atoms with E-state index in [9.17, 15) is 13.2 Å². The Bertz CT molecular complexity index is 1250. The number of carbonyl (C=O) groups is 1. The summed E-state index contributed by atoms with van der Waals surface area (Å²) in [6.45, 7) is 7.41. The molecule has 1 amide bonds. The smallest absolute Gasteiger partial charge is 0.322 e. The molecule has 1 N–H and O–H groups in total. The topological polar surface area (TPSA) is 105 Å². The maximum atomic E-state index is 12.9. The standard InChI is InChI=1S/C24H28N4O4S2/c1-16(2)33-20-6-4-5-19(15-20)23-26-27-24(32-23)25-22(29)18-7-9-21(10-8-18)34(30,31)28-13-11-17(3)12-14-28/h4-10,15-17H,11-14H2,1-3H3,(H,25,27,29). The Labute approximate surface area is 204 Å². The summed E-state index contributed by atoms with van der Waals surface area (Å²) in [5, 5.41) is 11.0. The summed E-state index contributed by atoms with van der Waals surface area (Å²) in [6.07, 6.45) is 1.71. The summed E-state index contributed by atoms with van der Waals surface area (Å²) >= 11 is 1.73. The second-order valence-corrected chi connectivity index (χ2v) is 12.3. The van der Waals surface area contributed by atoms with Gasteiger partial charge in [0.25, 0.3) is 5.91 Å². The van der Waals surface area contributed by atoms with E-state index < -0.39 is 15.9 Å². The van der Waals surface area contributed by atoms with Crippen LogP contribution in [0.15, 0.2) is 62.7 Å². The fourth-order valence-electron chi connectivity index (χ4n) is 3.69. The molecule has 4 rings (SSSR count). The van der Waals surface area contributed by atoms with E-state index in [1.54, 1.807) is 11.8 Å². The Morgan fingerprint density at radius 2 is 1.82 bits per heavy atom. The first-order chi connectivity index (χ1) is 16.2. The Kier molecular flexibility index (Phi) is 7.39.